The van der Waals surface area contributed by atoms with Crippen LogP contribution in [0, 0.1) is 0 Å². The Hall–Kier alpha value is -2.99. The maximum Gasteiger partial charge on any atom is 0.267 e. The Morgan fingerprint density at radius 3 is 2.96 bits per heavy atom. The second kappa shape index (κ2) is 6.85. The molecule has 0 unspecified atom stereocenters. The van der Waals surface area contributed by atoms with Crippen LogP contribution in [0.25, 0.3) is 17.1 Å². The van der Waals surface area contributed by atoms with Crippen molar-refractivity contribution in [1.29, 1.82) is 0 Å². The second-order valence-corrected chi connectivity index (χ2v) is 5.07. The molecule has 2 heterocycles. The van der Waals surface area contributed by atoms with Crippen LogP contribution in [0.3, 0.4) is 0 Å². The fourth-order valence-corrected chi connectivity index (χ4v) is 2.35. The number of benzene rings is 1. The largest absolute Gasteiger partial charge is 0.330 e. The van der Waals surface area contributed by atoms with Gasteiger partial charge in [-0.25, -0.2) is 10.5 Å². The van der Waals surface area contributed by atoms with E-state index in [-0.39, 0.29) is 0 Å². The summed E-state index contributed by atoms with van der Waals surface area (Å²) >= 11 is 0. The zero-order valence-electron chi connectivity index (χ0n) is 12.4. The number of fused-ring (bicyclic) bond motifs is 1. The predicted molar refractivity (Wildman–Crippen MR) is 86.6 cm³/mol. The Morgan fingerprint density at radius 2 is 2.17 bits per heavy atom. The molecule has 23 heavy (non-hydrogen) atoms. The molecule has 1 aromatic carbocycles. The van der Waals surface area contributed by atoms with E-state index in [9.17, 15) is 4.79 Å². The number of hydrogen-bond donors (Lipinski definition) is 2. The third-order valence-corrected chi connectivity index (χ3v) is 3.52. The van der Waals surface area contributed by atoms with Crippen LogP contribution in [-0.2, 0) is 17.8 Å². The van der Waals surface area contributed by atoms with Crippen LogP contribution in [0.2, 0.25) is 0 Å². The van der Waals surface area contributed by atoms with Gasteiger partial charge < -0.3 is 4.57 Å². The molecule has 3 rings (SSSR count). The number of hydroxylamine groups is 1. The van der Waals surface area contributed by atoms with E-state index in [1.165, 1.54) is 6.08 Å². The van der Waals surface area contributed by atoms with Crippen LogP contribution < -0.4 is 5.48 Å². The molecule has 6 heteroatoms. The Morgan fingerprint density at radius 1 is 1.26 bits per heavy atom. The van der Waals surface area contributed by atoms with E-state index in [1.54, 1.807) is 17.8 Å². The first-order chi connectivity index (χ1) is 11.3. The molecule has 3 aromatic rings. The molecule has 0 bridgehead atoms. The molecule has 0 atom stereocenters. The number of imidazole rings is 1. The normalized spacial score (nSPS) is 11.2. The summed E-state index contributed by atoms with van der Waals surface area (Å²) in [6.07, 6.45) is 7.33. The zero-order valence-corrected chi connectivity index (χ0v) is 12.4. The number of rotatable bonds is 5. The molecule has 0 fully saturated rings. The minimum absolute atomic E-state index is 0.564. The number of aryl methyl sites for hydroxylation is 2. The first-order valence-electron chi connectivity index (χ1n) is 7.23. The van der Waals surface area contributed by atoms with Crippen molar-refractivity contribution < 1.29 is 10.0 Å². The van der Waals surface area contributed by atoms with Gasteiger partial charge in [0.15, 0.2) is 0 Å². The minimum Gasteiger partial charge on any atom is -0.330 e. The number of aromatic nitrogens is 3. The number of pyridine rings is 1. The summed E-state index contributed by atoms with van der Waals surface area (Å²) in [5.74, 6) is -0.564. The monoisotopic (exact) mass is 308 g/mol. The SMILES string of the molecule is O=C(C=Cc1ccc2c(c1)ncn2CCc1ccccn1)NO. The highest BCUT2D eigenvalue weighted by atomic mass is 16.5. The molecule has 2 N–H and O–H groups in total. The number of amides is 1. The maximum absolute atomic E-state index is 11.0. The van der Waals surface area contributed by atoms with Crippen molar-refractivity contribution in [2.24, 2.45) is 0 Å². The summed E-state index contributed by atoms with van der Waals surface area (Å²) in [6.45, 7) is 0.801. The Labute approximate surface area is 133 Å². The van der Waals surface area contributed by atoms with E-state index in [0.29, 0.717) is 0 Å². The Bertz CT molecular complexity index is 840. The molecule has 116 valence electrons. The van der Waals surface area contributed by atoms with Crippen LogP contribution in [0.4, 0.5) is 0 Å². The molecular formula is C17H16N4O2. The average Bonchev–Trinajstić information content (AvgIpc) is 3.01. The fraction of sp³-hybridized carbons (Fsp3) is 0.118. The molecule has 0 aliphatic carbocycles. The van der Waals surface area contributed by atoms with E-state index in [4.69, 9.17) is 5.21 Å². The second-order valence-electron chi connectivity index (χ2n) is 5.07. The summed E-state index contributed by atoms with van der Waals surface area (Å²) in [6, 6.07) is 11.7. The first-order valence-corrected chi connectivity index (χ1v) is 7.23. The number of nitrogens with one attached hydrogen (secondary N) is 1. The van der Waals surface area contributed by atoms with E-state index < -0.39 is 5.91 Å². The van der Waals surface area contributed by atoms with Gasteiger partial charge in [-0.2, -0.15) is 0 Å². The molecule has 0 aliphatic rings. The van der Waals surface area contributed by atoms with E-state index in [1.807, 2.05) is 42.7 Å². The first kappa shape index (κ1) is 14.9. The lowest BCUT2D eigenvalue weighted by molar-refractivity contribution is -0.124. The average molecular weight is 308 g/mol. The standard InChI is InChI=1S/C17H16N4O2/c22-17(20-23)7-5-13-4-6-16-15(11-13)19-12-21(16)10-8-14-3-1-2-9-18-14/h1-7,9,11-12,23H,8,10H2,(H,20,22). The van der Waals surface area contributed by atoms with Crippen molar-refractivity contribution in [2.75, 3.05) is 0 Å². The van der Waals surface area contributed by atoms with Crippen LogP contribution in [0.15, 0.2) is 55.0 Å². The van der Waals surface area contributed by atoms with Crippen molar-refractivity contribution in [3.8, 4) is 0 Å². The summed E-state index contributed by atoms with van der Waals surface area (Å²) < 4.78 is 2.08. The number of nitrogens with zero attached hydrogens (tertiary/aromatic N) is 3. The van der Waals surface area contributed by atoms with E-state index in [2.05, 4.69) is 14.5 Å². The molecule has 0 spiro atoms. The van der Waals surface area contributed by atoms with Crippen molar-refractivity contribution in [1.82, 2.24) is 20.0 Å². The predicted octanol–water partition coefficient (Wildman–Crippen LogP) is 2.19. The highest BCUT2D eigenvalue weighted by Gasteiger charge is 2.04. The molecule has 6 nitrogen and oxygen atoms in total. The Balaban J connectivity index is 1.76. The van der Waals surface area contributed by atoms with Gasteiger partial charge in [0, 0.05) is 30.9 Å². The Kier molecular flexibility index (Phi) is 4.44. The van der Waals surface area contributed by atoms with Gasteiger partial charge in [0.2, 0.25) is 0 Å². The van der Waals surface area contributed by atoms with Crippen molar-refractivity contribution >= 4 is 23.0 Å². The van der Waals surface area contributed by atoms with Gasteiger partial charge in [0.1, 0.15) is 0 Å². The maximum atomic E-state index is 11.0. The van der Waals surface area contributed by atoms with Crippen molar-refractivity contribution in [3.63, 3.8) is 0 Å². The summed E-state index contributed by atoms with van der Waals surface area (Å²) in [4.78, 5) is 19.7. The van der Waals surface area contributed by atoms with Crippen LogP contribution in [0.5, 0.6) is 0 Å². The third-order valence-electron chi connectivity index (χ3n) is 3.52. The van der Waals surface area contributed by atoms with E-state index >= 15 is 0 Å². The smallest absolute Gasteiger partial charge is 0.267 e. The lowest BCUT2D eigenvalue weighted by Gasteiger charge is -2.04. The van der Waals surface area contributed by atoms with Gasteiger partial charge in [0.05, 0.1) is 17.4 Å². The minimum atomic E-state index is -0.564. The molecule has 0 aliphatic heterocycles. The lowest BCUT2D eigenvalue weighted by atomic mass is 10.2. The lowest BCUT2D eigenvalue weighted by Crippen LogP contribution is -2.14. The van der Waals surface area contributed by atoms with Gasteiger partial charge >= 0.3 is 0 Å². The van der Waals surface area contributed by atoms with Crippen molar-refractivity contribution in [3.05, 3.63) is 66.3 Å². The number of carbonyl (C=O) groups is 1. The van der Waals surface area contributed by atoms with E-state index in [0.717, 1.165) is 35.3 Å². The van der Waals surface area contributed by atoms with Gasteiger partial charge in [-0.05, 0) is 35.9 Å². The summed E-state index contributed by atoms with van der Waals surface area (Å²) in [5.41, 5.74) is 5.34. The summed E-state index contributed by atoms with van der Waals surface area (Å²) in [5, 5.41) is 8.47. The van der Waals surface area contributed by atoms with Gasteiger partial charge in [-0.1, -0.05) is 12.1 Å². The highest BCUT2D eigenvalue weighted by molar-refractivity contribution is 5.91. The molecule has 0 saturated carbocycles. The highest BCUT2D eigenvalue weighted by Crippen LogP contribution is 2.16. The zero-order chi connectivity index (χ0) is 16.1. The van der Waals surface area contributed by atoms with Gasteiger partial charge in [-0.3, -0.25) is 15.0 Å². The quantitative estimate of drug-likeness (QED) is 0.430. The summed E-state index contributed by atoms with van der Waals surface area (Å²) in [7, 11) is 0. The van der Waals surface area contributed by atoms with Gasteiger partial charge in [0.25, 0.3) is 5.91 Å². The van der Waals surface area contributed by atoms with Gasteiger partial charge in [-0.15, -0.1) is 0 Å². The molecule has 0 radical (unpaired) electrons. The molecular weight excluding hydrogens is 292 g/mol. The molecule has 2 aromatic heterocycles. The van der Waals surface area contributed by atoms with Crippen LogP contribution in [0.1, 0.15) is 11.3 Å². The molecule has 0 saturated heterocycles. The topological polar surface area (TPSA) is 80.0 Å². The number of hydrogen-bond acceptors (Lipinski definition) is 4. The van der Waals surface area contributed by atoms with Crippen LogP contribution in [-0.4, -0.2) is 25.6 Å². The molecule has 1 amide bonds. The fourth-order valence-electron chi connectivity index (χ4n) is 2.35. The number of carbonyl (C=O) groups excluding carboxylic acids is 1. The third kappa shape index (κ3) is 3.61. The van der Waals surface area contributed by atoms with Crippen molar-refractivity contribution in [2.45, 2.75) is 13.0 Å². The van der Waals surface area contributed by atoms with Crippen LogP contribution >= 0.6 is 0 Å².